The van der Waals surface area contributed by atoms with Crippen LogP contribution < -0.4 is 5.32 Å². The van der Waals surface area contributed by atoms with E-state index in [0.717, 1.165) is 5.39 Å². The Morgan fingerprint density at radius 3 is 2.65 bits per heavy atom. The Morgan fingerprint density at radius 2 is 1.85 bits per heavy atom. The molecule has 0 unspecified atom stereocenters. The molecular weight excluding hydrogens is 274 g/mol. The van der Waals surface area contributed by atoms with E-state index in [-0.39, 0.29) is 5.91 Å². The van der Waals surface area contributed by atoms with Crippen LogP contribution in [0.2, 0.25) is 5.02 Å². The minimum Gasteiger partial charge on any atom is -0.321 e. The lowest BCUT2D eigenvalue weighted by atomic mass is 10.1. The monoisotopic (exact) mass is 283 g/mol. The molecule has 2 heterocycles. The van der Waals surface area contributed by atoms with Gasteiger partial charge in [-0.05, 0) is 36.4 Å². The fraction of sp³-hybridized carbons (Fsp3) is 0. The molecule has 0 aliphatic carbocycles. The van der Waals surface area contributed by atoms with E-state index >= 15 is 0 Å². The fourth-order valence-electron chi connectivity index (χ4n) is 1.94. The summed E-state index contributed by atoms with van der Waals surface area (Å²) in [7, 11) is 0. The number of nitrogens with zero attached hydrogens (tertiary/aromatic N) is 2. The van der Waals surface area contributed by atoms with Crippen LogP contribution in [0.15, 0.2) is 55.0 Å². The van der Waals surface area contributed by atoms with Gasteiger partial charge in [-0.1, -0.05) is 11.6 Å². The maximum absolute atomic E-state index is 12.2. The van der Waals surface area contributed by atoms with Crippen LogP contribution in [0, 0.1) is 0 Å². The van der Waals surface area contributed by atoms with Gasteiger partial charge in [0.15, 0.2) is 0 Å². The predicted molar refractivity (Wildman–Crippen MR) is 78.9 cm³/mol. The summed E-state index contributed by atoms with van der Waals surface area (Å²) in [5.41, 5.74) is 1.90. The summed E-state index contributed by atoms with van der Waals surface area (Å²) < 4.78 is 0. The Kier molecular flexibility index (Phi) is 3.31. The Morgan fingerprint density at radius 1 is 1.05 bits per heavy atom. The van der Waals surface area contributed by atoms with Gasteiger partial charge in [0.25, 0.3) is 5.91 Å². The number of rotatable bonds is 2. The first kappa shape index (κ1) is 12.6. The quantitative estimate of drug-likeness (QED) is 0.783. The Labute approximate surface area is 120 Å². The summed E-state index contributed by atoms with van der Waals surface area (Å²) >= 11 is 6.10. The molecule has 3 aromatic rings. The summed E-state index contributed by atoms with van der Waals surface area (Å²) in [6, 6.07) is 10.5. The molecule has 2 aromatic heterocycles. The van der Waals surface area contributed by atoms with E-state index in [1.165, 1.54) is 0 Å². The van der Waals surface area contributed by atoms with E-state index in [1.807, 2.05) is 6.07 Å². The van der Waals surface area contributed by atoms with Crippen molar-refractivity contribution in [2.75, 3.05) is 5.32 Å². The molecule has 0 aliphatic rings. The molecule has 0 fully saturated rings. The second-order valence-corrected chi connectivity index (χ2v) is 4.59. The van der Waals surface area contributed by atoms with Gasteiger partial charge < -0.3 is 5.32 Å². The van der Waals surface area contributed by atoms with Crippen molar-refractivity contribution in [2.45, 2.75) is 0 Å². The van der Waals surface area contributed by atoms with Crippen LogP contribution in [-0.4, -0.2) is 15.9 Å². The van der Waals surface area contributed by atoms with Crippen molar-refractivity contribution in [1.29, 1.82) is 0 Å². The first-order valence-corrected chi connectivity index (χ1v) is 6.38. The molecule has 20 heavy (non-hydrogen) atoms. The van der Waals surface area contributed by atoms with Gasteiger partial charge >= 0.3 is 0 Å². The maximum atomic E-state index is 12.2. The summed E-state index contributed by atoms with van der Waals surface area (Å²) in [5, 5.41) is 4.23. The van der Waals surface area contributed by atoms with E-state index < -0.39 is 0 Å². The first-order valence-electron chi connectivity index (χ1n) is 6.00. The summed E-state index contributed by atoms with van der Waals surface area (Å²) in [6.45, 7) is 0. The number of pyridine rings is 2. The average Bonchev–Trinajstić information content (AvgIpc) is 2.51. The summed E-state index contributed by atoms with van der Waals surface area (Å²) in [6.07, 6.45) is 4.83. The standard InChI is InChI=1S/C15H10ClN3O/c16-12-3-4-13(11-2-1-7-18-14(11)12)19-15(20)10-5-8-17-9-6-10/h1-9H,(H,19,20). The lowest BCUT2D eigenvalue weighted by Gasteiger charge is -2.09. The highest BCUT2D eigenvalue weighted by Gasteiger charge is 2.10. The Balaban J connectivity index is 2.00. The highest BCUT2D eigenvalue weighted by Crippen LogP contribution is 2.28. The molecule has 4 nitrogen and oxygen atoms in total. The zero-order valence-electron chi connectivity index (χ0n) is 10.4. The highest BCUT2D eigenvalue weighted by molar-refractivity contribution is 6.35. The van der Waals surface area contributed by atoms with Gasteiger partial charge in [0.1, 0.15) is 0 Å². The third-order valence-electron chi connectivity index (χ3n) is 2.91. The Bertz CT molecular complexity index is 774. The summed E-state index contributed by atoms with van der Waals surface area (Å²) in [5.74, 6) is -0.195. The lowest BCUT2D eigenvalue weighted by molar-refractivity contribution is 0.102. The minimum atomic E-state index is -0.195. The predicted octanol–water partition coefficient (Wildman–Crippen LogP) is 3.54. The fourth-order valence-corrected chi connectivity index (χ4v) is 2.16. The summed E-state index contributed by atoms with van der Waals surface area (Å²) in [4.78, 5) is 20.3. The van der Waals surface area contributed by atoms with Gasteiger partial charge in [0.05, 0.1) is 16.2 Å². The number of benzene rings is 1. The molecule has 0 saturated heterocycles. The van der Waals surface area contributed by atoms with Crippen LogP contribution in [0.3, 0.4) is 0 Å². The number of hydrogen-bond donors (Lipinski definition) is 1. The van der Waals surface area contributed by atoms with Crippen molar-refractivity contribution >= 4 is 34.1 Å². The van der Waals surface area contributed by atoms with Crippen LogP contribution in [0.1, 0.15) is 10.4 Å². The molecule has 5 heteroatoms. The van der Waals surface area contributed by atoms with Crippen molar-refractivity contribution in [3.63, 3.8) is 0 Å². The molecule has 98 valence electrons. The molecule has 3 rings (SSSR count). The number of halogens is 1. The van der Waals surface area contributed by atoms with E-state index in [2.05, 4.69) is 15.3 Å². The number of aromatic nitrogens is 2. The van der Waals surface area contributed by atoms with Gasteiger partial charge in [-0.2, -0.15) is 0 Å². The number of carbonyl (C=O) groups excluding carboxylic acids is 1. The van der Waals surface area contributed by atoms with Crippen LogP contribution in [-0.2, 0) is 0 Å². The van der Waals surface area contributed by atoms with Crippen molar-refractivity contribution in [3.8, 4) is 0 Å². The highest BCUT2D eigenvalue weighted by atomic mass is 35.5. The third kappa shape index (κ3) is 2.33. The second kappa shape index (κ2) is 5.27. The van der Waals surface area contributed by atoms with Crippen LogP contribution in [0.25, 0.3) is 10.9 Å². The zero-order chi connectivity index (χ0) is 13.9. The number of amides is 1. The van der Waals surface area contributed by atoms with Crippen molar-refractivity contribution in [2.24, 2.45) is 0 Å². The zero-order valence-corrected chi connectivity index (χ0v) is 11.1. The molecule has 0 spiro atoms. The molecule has 0 saturated carbocycles. The topological polar surface area (TPSA) is 54.9 Å². The van der Waals surface area contributed by atoms with Gasteiger partial charge in [0.2, 0.25) is 0 Å². The Hall–Kier alpha value is -2.46. The third-order valence-corrected chi connectivity index (χ3v) is 3.22. The molecule has 0 radical (unpaired) electrons. The normalized spacial score (nSPS) is 10.4. The van der Waals surface area contributed by atoms with E-state index in [4.69, 9.17) is 11.6 Å². The van der Waals surface area contributed by atoms with Crippen LogP contribution >= 0.6 is 11.6 Å². The molecule has 0 aliphatic heterocycles. The van der Waals surface area contributed by atoms with Crippen molar-refractivity contribution < 1.29 is 4.79 Å². The molecule has 0 atom stereocenters. The molecule has 1 N–H and O–H groups in total. The van der Waals surface area contributed by atoms with Crippen LogP contribution in [0.4, 0.5) is 5.69 Å². The SMILES string of the molecule is O=C(Nc1ccc(Cl)c2ncccc12)c1ccncc1. The van der Waals surface area contributed by atoms with E-state index in [9.17, 15) is 4.79 Å². The second-order valence-electron chi connectivity index (χ2n) is 4.18. The number of carbonyl (C=O) groups is 1. The molecular formula is C15H10ClN3O. The molecule has 0 bridgehead atoms. The van der Waals surface area contributed by atoms with E-state index in [1.54, 1.807) is 48.9 Å². The van der Waals surface area contributed by atoms with Gasteiger partial charge in [0, 0.05) is 29.5 Å². The smallest absolute Gasteiger partial charge is 0.255 e. The minimum absolute atomic E-state index is 0.195. The van der Waals surface area contributed by atoms with Crippen molar-refractivity contribution in [1.82, 2.24) is 9.97 Å². The van der Waals surface area contributed by atoms with Crippen LogP contribution in [0.5, 0.6) is 0 Å². The van der Waals surface area contributed by atoms with Gasteiger partial charge in [-0.15, -0.1) is 0 Å². The average molecular weight is 284 g/mol. The van der Waals surface area contributed by atoms with Gasteiger partial charge in [-0.3, -0.25) is 14.8 Å². The number of hydrogen-bond acceptors (Lipinski definition) is 3. The lowest BCUT2D eigenvalue weighted by Crippen LogP contribution is -2.12. The molecule has 1 aromatic carbocycles. The van der Waals surface area contributed by atoms with Crippen molar-refractivity contribution in [3.05, 3.63) is 65.6 Å². The number of anilines is 1. The van der Waals surface area contributed by atoms with E-state index in [0.29, 0.717) is 21.8 Å². The number of nitrogens with one attached hydrogen (secondary N) is 1. The number of fused-ring (bicyclic) bond motifs is 1. The first-order chi connectivity index (χ1) is 9.75. The largest absolute Gasteiger partial charge is 0.321 e. The van der Waals surface area contributed by atoms with Gasteiger partial charge in [-0.25, -0.2) is 0 Å². The maximum Gasteiger partial charge on any atom is 0.255 e. The molecule has 1 amide bonds.